The molecule has 0 fully saturated rings. The highest BCUT2D eigenvalue weighted by atomic mass is 32.2. The van der Waals surface area contributed by atoms with Gasteiger partial charge in [-0.15, -0.1) is 0 Å². The summed E-state index contributed by atoms with van der Waals surface area (Å²) in [5.41, 5.74) is 1.07. The minimum atomic E-state index is -4.47. The molecule has 0 bridgehead atoms. The molecule has 9 heteroatoms. The Balaban J connectivity index is 2.23. The standard InChI is InChI=1S/C18H19F3N2O3S/c1-12-5-4-6-13(2)17(12)23(27(3,25)26)11-16(24)22-15-9-7-14(8-10-15)18(19,20)21/h4-10H,11H2,1-3H3,(H,22,24). The number of para-hydroxylation sites is 1. The van der Waals surface area contributed by atoms with Crippen LogP contribution in [0.5, 0.6) is 0 Å². The summed E-state index contributed by atoms with van der Waals surface area (Å²) in [5, 5.41) is 2.42. The zero-order chi connectivity index (χ0) is 20.4. The lowest BCUT2D eigenvalue weighted by Gasteiger charge is -2.25. The highest BCUT2D eigenvalue weighted by Gasteiger charge is 2.30. The highest BCUT2D eigenvalue weighted by Crippen LogP contribution is 2.30. The Labute approximate surface area is 155 Å². The Hall–Kier alpha value is -2.55. The van der Waals surface area contributed by atoms with Gasteiger partial charge in [0.05, 0.1) is 17.5 Å². The van der Waals surface area contributed by atoms with Gasteiger partial charge in [0.25, 0.3) is 0 Å². The molecule has 0 unspecified atom stereocenters. The van der Waals surface area contributed by atoms with Crippen molar-refractivity contribution in [1.29, 1.82) is 0 Å². The molecule has 0 spiro atoms. The van der Waals surface area contributed by atoms with E-state index in [1.54, 1.807) is 32.0 Å². The third-order valence-electron chi connectivity index (χ3n) is 3.87. The molecular weight excluding hydrogens is 381 g/mol. The molecule has 0 atom stereocenters. The van der Waals surface area contributed by atoms with Crippen molar-refractivity contribution in [2.75, 3.05) is 22.4 Å². The lowest BCUT2D eigenvalue weighted by atomic mass is 10.1. The van der Waals surface area contributed by atoms with Gasteiger partial charge in [-0.1, -0.05) is 18.2 Å². The number of aryl methyl sites for hydroxylation is 2. The van der Waals surface area contributed by atoms with Crippen LogP contribution in [-0.4, -0.2) is 27.1 Å². The van der Waals surface area contributed by atoms with Crippen LogP contribution in [0.4, 0.5) is 24.5 Å². The summed E-state index contributed by atoms with van der Waals surface area (Å²) in [6, 6.07) is 9.15. The molecule has 0 saturated heterocycles. The summed E-state index contributed by atoms with van der Waals surface area (Å²) in [5.74, 6) is -0.664. The van der Waals surface area contributed by atoms with E-state index in [1.165, 1.54) is 0 Å². The Kier molecular flexibility index (Phi) is 5.84. The predicted octanol–water partition coefficient (Wildman–Crippen LogP) is 3.73. The number of hydrogen-bond donors (Lipinski definition) is 1. The number of sulfonamides is 1. The Bertz CT molecular complexity index is 919. The number of alkyl halides is 3. The summed E-state index contributed by atoms with van der Waals surface area (Å²) in [7, 11) is -3.75. The molecule has 2 aromatic carbocycles. The number of anilines is 2. The van der Waals surface area contributed by atoms with Crippen molar-refractivity contribution in [1.82, 2.24) is 0 Å². The number of carbonyl (C=O) groups excluding carboxylic acids is 1. The Morgan fingerprint density at radius 1 is 1.04 bits per heavy atom. The second kappa shape index (κ2) is 7.59. The molecule has 5 nitrogen and oxygen atoms in total. The van der Waals surface area contributed by atoms with Crippen LogP contribution in [0.3, 0.4) is 0 Å². The van der Waals surface area contributed by atoms with E-state index in [0.29, 0.717) is 16.8 Å². The number of nitrogens with one attached hydrogen (secondary N) is 1. The number of halogens is 3. The van der Waals surface area contributed by atoms with Crippen LogP contribution >= 0.6 is 0 Å². The third-order valence-corrected chi connectivity index (χ3v) is 4.98. The van der Waals surface area contributed by atoms with Gasteiger partial charge in [0.2, 0.25) is 15.9 Å². The average Bonchev–Trinajstić information content (AvgIpc) is 2.52. The number of benzene rings is 2. The summed E-state index contributed by atoms with van der Waals surface area (Å²) >= 11 is 0. The Morgan fingerprint density at radius 3 is 2.00 bits per heavy atom. The van der Waals surface area contributed by atoms with Crippen LogP contribution in [0.2, 0.25) is 0 Å². The van der Waals surface area contributed by atoms with E-state index in [1.807, 2.05) is 0 Å². The minimum Gasteiger partial charge on any atom is -0.325 e. The van der Waals surface area contributed by atoms with Crippen molar-refractivity contribution in [3.8, 4) is 0 Å². The Morgan fingerprint density at radius 2 is 1.56 bits per heavy atom. The average molecular weight is 400 g/mol. The maximum Gasteiger partial charge on any atom is 0.416 e. The molecule has 0 saturated carbocycles. The molecule has 2 aromatic rings. The molecule has 0 aliphatic carbocycles. The number of carbonyl (C=O) groups is 1. The summed E-state index contributed by atoms with van der Waals surface area (Å²) in [4.78, 5) is 12.3. The fourth-order valence-electron chi connectivity index (χ4n) is 2.63. The van der Waals surface area contributed by atoms with E-state index in [0.717, 1.165) is 34.8 Å². The SMILES string of the molecule is Cc1cccc(C)c1N(CC(=O)Nc1ccc(C(F)(F)F)cc1)S(C)(=O)=O. The molecule has 0 heterocycles. The zero-order valence-corrected chi connectivity index (χ0v) is 15.8. The molecule has 1 N–H and O–H groups in total. The van der Waals surface area contributed by atoms with Gasteiger partial charge in [0.15, 0.2) is 0 Å². The van der Waals surface area contributed by atoms with Crippen LogP contribution in [0.15, 0.2) is 42.5 Å². The number of amides is 1. The monoisotopic (exact) mass is 400 g/mol. The first-order chi connectivity index (χ1) is 12.4. The zero-order valence-electron chi connectivity index (χ0n) is 15.0. The normalized spacial score (nSPS) is 11.9. The van der Waals surface area contributed by atoms with Gasteiger partial charge < -0.3 is 5.32 Å². The van der Waals surface area contributed by atoms with Crippen molar-refractivity contribution in [3.63, 3.8) is 0 Å². The summed E-state index contributed by atoms with van der Waals surface area (Å²) in [6.07, 6.45) is -3.48. The lowest BCUT2D eigenvalue weighted by Crippen LogP contribution is -2.38. The van der Waals surface area contributed by atoms with Crippen molar-refractivity contribution in [3.05, 3.63) is 59.2 Å². The maximum absolute atomic E-state index is 12.6. The molecule has 0 radical (unpaired) electrons. The van der Waals surface area contributed by atoms with E-state index in [2.05, 4.69) is 5.32 Å². The first-order valence-corrected chi connectivity index (χ1v) is 9.75. The van der Waals surface area contributed by atoms with E-state index in [-0.39, 0.29) is 5.69 Å². The molecular formula is C18H19F3N2O3S. The molecule has 0 aromatic heterocycles. The molecule has 2 rings (SSSR count). The molecule has 0 aliphatic heterocycles. The van der Waals surface area contributed by atoms with E-state index in [9.17, 15) is 26.4 Å². The smallest absolute Gasteiger partial charge is 0.325 e. The van der Waals surface area contributed by atoms with Crippen LogP contribution in [0, 0.1) is 13.8 Å². The van der Waals surface area contributed by atoms with Crippen molar-refractivity contribution in [2.24, 2.45) is 0 Å². The molecule has 146 valence electrons. The molecule has 0 aliphatic rings. The first-order valence-electron chi connectivity index (χ1n) is 7.90. The minimum absolute atomic E-state index is 0.142. The van der Waals surface area contributed by atoms with Crippen molar-refractivity contribution >= 4 is 27.3 Å². The lowest BCUT2D eigenvalue weighted by molar-refractivity contribution is -0.137. The summed E-state index contributed by atoms with van der Waals surface area (Å²) in [6.45, 7) is 2.97. The third kappa shape index (κ3) is 5.22. The number of hydrogen-bond acceptors (Lipinski definition) is 3. The number of rotatable bonds is 5. The van der Waals surface area contributed by atoms with Gasteiger partial charge in [-0.3, -0.25) is 9.10 Å². The van der Waals surface area contributed by atoms with Gasteiger partial charge in [-0.2, -0.15) is 13.2 Å². The van der Waals surface area contributed by atoms with Crippen LogP contribution in [0.25, 0.3) is 0 Å². The quantitative estimate of drug-likeness (QED) is 0.832. The van der Waals surface area contributed by atoms with E-state index < -0.39 is 34.2 Å². The maximum atomic E-state index is 12.6. The van der Waals surface area contributed by atoms with Gasteiger partial charge in [-0.05, 0) is 49.2 Å². The fourth-order valence-corrected chi connectivity index (χ4v) is 3.61. The van der Waals surface area contributed by atoms with Gasteiger partial charge >= 0.3 is 6.18 Å². The van der Waals surface area contributed by atoms with Gasteiger partial charge in [0, 0.05) is 5.69 Å². The molecule has 1 amide bonds. The fraction of sp³-hybridized carbons (Fsp3) is 0.278. The van der Waals surface area contributed by atoms with Crippen LogP contribution < -0.4 is 9.62 Å². The second-order valence-corrected chi connectivity index (χ2v) is 8.04. The summed E-state index contributed by atoms with van der Waals surface area (Å²) < 4.78 is 63.1. The van der Waals surface area contributed by atoms with Gasteiger partial charge in [0.1, 0.15) is 6.54 Å². The predicted molar refractivity (Wildman–Crippen MR) is 98.2 cm³/mol. The largest absolute Gasteiger partial charge is 0.416 e. The number of nitrogens with zero attached hydrogens (tertiary/aromatic N) is 1. The van der Waals surface area contributed by atoms with Crippen molar-refractivity contribution in [2.45, 2.75) is 20.0 Å². The van der Waals surface area contributed by atoms with E-state index >= 15 is 0 Å². The van der Waals surface area contributed by atoms with Crippen LogP contribution in [0.1, 0.15) is 16.7 Å². The second-order valence-electron chi connectivity index (χ2n) is 6.13. The van der Waals surface area contributed by atoms with Crippen molar-refractivity contribution < 1.29 is 26.4 Å². The first kappa shape index (κ1) is 20.8. The van der Waals surface area contributed by atoms with E-state index in [4.69, 9.17) is 0 Å². The van der Waals surface area contributed by atoms with Crippen LogP contribution in [-0.2, 0) is 21.0 Å². The van der Waals surface area contributed by atoms with Gasteiger partial charge in [-0.25, -0.2) is 8.42 Å². The topological polar surface area (TPSA) is 66.5 Å². The molecule has 27 heavy (non-hydrogen) atoms. The highest BCUT2D eigenvalue weighted by molar-refractivity contribution is 7.92.